The highest BCUT2D eigenvalue weighted by molar-refractivity contribution is 7.09. The number of nitrogens with one attached hydrogen (secondary N) is 1. The molecule has 0 atom stereocenters. The van der Waals surface area contributed by atoms with Gasteiger partial charge in [0.25, 0.3) is 5.91 Å². The standard InChI is InChI=1S/C18H19N5O2S/c1-2-22(13-17(24)19-11-15-9-6-10-26-15)18(25)16-12-20-23(21-16)14-7-4-3-5-8-14/h3-10,12H,2,11,13H2,1H3,(H,19,24). The van der Waals surface area contributed by atoms with E-state index in [0.717, 1.165) is 10.6 Å². The van der Waals surface area contributed by atoms with Crippen molar-refractivity contribution in [3.63, 3.8) is 0 Å². The Morgan fingerprint density at radius 3 is 2.69 bits per heavy atom. The maximum Gasteiger partial charge on any atom is 0.276 e. The number of carbonyl (C=O) groups excluding carboxylic acids is 2. The van der Waals surface area contributed by atoms with Crippen LogP contribution in [-0.2, 0) is 11.3 Å². The number of hydrogen-bond donors (Lipinski definition) is 1. The molecule has 0 radical (unpaired) electrons. The van der Waals surface area contributed by atoms with Gasteiger partial charge in [-0.15, -0.1) is 16.4 Å². The number of carbonyl (C=O) groups is 2. The molecule has 3 aromatic rings. The lowest BCUT2D eigenvalue weighted by atomic mass is 10.3. The predicted molar refractivity (Wildman–Crippen MR) is 99.1 cm³/mol. The first-order chi connectivity index (χ1) is 12.7. The number of hydrogen-bond acceptors (Lipinski definition) is 5. The molecule has 0 aliphatic rings. The fraction of sp³-hybridized carbons (Fsp3) is 0.222. The number of thiophene rings is 1. The number of para-hydroxylation sites is 1. The summed E-state index contributed by atoms with van der Waals surface area (Å²) in [5.41, 5.74) is 0.977. The second-order valence-electron chi connectivity index (χ2n) is 5.53. The van der Waals surface area contributed by atoms with Gasteiger partial charge in [-0.2, -0.15) is 9.90 Å². The molecule has 1 N–H and O–H groups in total. The third-order valence-corrected chi connectivity index (χ3v) is 4.62. The quantitative estimate of drug-likeness (QED) is 0.692. The van der Waals surface area contributed by atoms with Crippen LogP contribution in [0, 0.1) is 0 Å². The lowest BCUT2D eigenvalue weighted by molar-refractivity contribution is -0.121. The van der Waals surface area contributed by atoms with E-state index in [2.05, 4.69) is 15.5 Å². The van der Waals surface area contributed by atoms with Crippen LogP contribution >= 0.6 is 11.3 Å². The highest BCUT2D eigenvalue weighted by atomic mass is 32.1. The summed E-state index contributed by atoms with van der Waals surface area (Å²) in [4.78, 5) is 28.7. The molecule has 26 heavy (non-hydrogen) atoms. The van der Waals surface area contributed by atoms with Crippen molar-refractivity contribution in [2.24, 2.45) is 0 Å². The summed E-state index contributed by atoms with van der Waals surface area (Å²) in [5, 5.41) is 13.1. The minimum Gasteiger partial charge on any atom is -0.350 e. The minimum absolute atomic E-state index is 0.0150. The van der Waals surface area contributed by atoms with Gasteiger partial charge in [-0.3, -0.25) is 9.59 Å². The number of benzene rings is 1. The van der Waals surface area contributed by atoms with Gasteiger partial charge < -0.3 is 10.2 Å². The Hall–Kier alpha value is -3.00. The molecular weight excluding hydrogens is 350 g/mol. The topological polar surface area (TPSA) is 80.1 Å². The SMILES string of the molecule is CCN(CC(=O)NCc1cccs1)C(=O)c1cnn(-c2ccccc2)n1. The van der Waals surface area contributed by atoms with Gasteiger partial charge >= 0.3 is 0 Å². The zero-order valence-corrected chi connectivity index (χ0v) is 15.1. The molecular formula is C18H19N5O2S. The Labute approximate surface area is 155 Å². The second kappa shape index (κ2) is 8.39. The van der Waals surface area contributed by atoms with E-state index >= 15 is 0 Å². The molecule has 0 fully saturated rings. The number of aromatic nitrogens is 3. The number of amides is 2. The van der Waals surface area contributed by atoms with E-state index in [0.29, 0.717) is 13.1 Å². The Morgan fingerprint density at radius 2 is 2.00 bits per heavy atom. The summed E-state index contributed by atoms with van der Waals surface area (Å²) < 4.78 is 0. The van der Waals surface area contributed by atoms with E-state index in [4.69, 9.17) is 0 Å². The van der Waals surface area contributed by atoms with Crippen molar-refractivity contribution >= 4 is 23.2 Å². The van der Waals surface area contributed by atoms with Crippen LogP contribution < -0.4 is 5.32 Å². The van der Waals surface area contributed by atoms with E-state index in [9.17, 15) is 9.59 Å². The van der Waals surface area contributed by atoms with Crippen LogP contribution in [0.4, 0.5) is 0 Å². The lowest BCUT2D eigenvalue weighted by Crippen LogP contribution is -2.40. The molecule has 8 heteroatoms. The number of rotatable bonds is 7. The van der Waals surface area contributed by atoms with Gasteiger partial charge in [-0.05, 0) is 30.5 Å². The lowest BCUT2D eigenvalue weighted by Gasteiger charge is -2.18. The summed E-state index contributed by atoms with van der Waals surface area (Å²) in [7, 11) is 0. The van der Waals surface area contributed by atoms with Gasteiger partial charge in [0.2, 0.25) is 5.91 Å². The summed E-state index contributed by atoms with van der Waals surface area (Å²) in [5.74, 6) is -0.523. The maximum absolute atomic E-state index is 12.6. The molecule has 3 rings (SSSR count). The molecule has 0 bridgehead atoms. The molecule has 134 valence electrons. The third kappa shape index (κ3) is 4.34. The first-order valence-electron chi connectivity index (χ1n) is 8.23. The van der Waals surface area contributed by atoms with E-state index in [-0.39, 0.29) is 24.1 Å². The maximum atomic E-state index is 12.6. The Balaban J connectivity index is 1.61. The van der Waals surface area contributed by atoms with Gasteiger partial charge in [0.05, 0.1) is 25.0 Å². The van der Waals surface area contributed by atoms with Crippen LogP contribution in [0.2, 0.25) is 0 Å². The van der Waals surface area contributed by atoms with Gasteiger partial charge in [0.1, 0.15) is 0 Å². The Morgan fingerprint density at radius 1 is 1.19 bits per heavy atom. The highest BCUT2D eigenvalue weighted by Crippen LogP contribution is 2.08. The minimum atomic E-state index is -0.319. The van der Waals surface area contributed by atoms with E-state index in [1.165, 1.54) is 15.9 Å². The van der Waals surface area contributed by atoms with Crippen LogP contribution in [0.1, 0.15) is 22.3 Å². The molecule has 1 aromatic carbocycles. The summed E-state index contributed by atoms with van der Waals surface area (Å²) in [6.07, 6.45) is 1.42. The first kappa shape index (κ1) is 17.8. The van der Waals surface area contributed by atoms with Gasteiger partial charge in [-0.25, -0.2) is 0 Å². The molecule has 0 aliphatic carbocycles. The fourth-order valence-electron chi connectivity index (χ4n) is 2.36. The average molecular weight is 369 g/mol. The van der Waals surface area contributed by atoms with Crippen LogP contribution in [0.5, 0.6) is 0 Å². The normalized spacial score (nSPS) is 10.5. The average Bonchev–Trinajstić information content (AvgIpc) is 3.36. The summed E-state index contributed by atoms with van der Waals surface area (Å²) >= 11 is 1.58. The van der Waals surface area contributed by atoms with Crippen LogP contribution in [-0.4, -0.2) is 44.8 Å². The van der Waals surface area contributed by atoms with Crippen molar-refractivity contribution in [2.75, 3.05) is 13.1 Å². The van der Waals surface area contributed by atoms with Crippen molar-refractivity contribution in [3.05, 3.63) is 64.6 Å². The van der Waals surface area contributed by atoms with Crippen molar-refractivity contribution in [2.45, 2.75) is 13.5 Å². The summed E-state index contributed by atoms with van der Waals surface area (Å²) in [6.45, 7) is 2.68. The molecule has 0 spiro atoms. The van der Waals surface area contributed by atoms with Gasteiger partial charge in [0, 0.05) is 11.4 Å². The zero-order valence-electron chi connectivity index (χ0n) is 14.3. The molecule has 7 nitrogen and oxygen atoms in total. The monoisotopic (exact) mass is 369 g/mol. The van der Waals surface area contributed by atoms with Crippen molar-refractivity contribution < 1.29 is 9.59 Å². The molecule has 0 saturated carbocycles. The molecule has 0 unspecified atom stereocenters. The highest BCUT2D eigenvalue weighted by Gasteiger charge is 2.20. The number of likely N-dealkylation sites (N-methyl/N-ethyl adjacent to an activating group) is 1. The zero-order chi connectivity index (χ0) is 18.4. The van der Waals surface area contributed by atoms with E-state index in [1.807, 2.05) is 54.8 Å². The first-order valence-corrected chi connectivity index (χ1v) is 9.11. The molecule has 0 aliphatic heterocycles. The molecule has 2 amide bonds. The fourth-order valence-corrected chi connectivity index (χ4v) is 3.01. The molecule has 0 saturated heterocycles. The molecule has 2 aromatic heterocycles. The van der Waals surface area contributed by atoms with Crippen LogP contribution in [0.3, 0.4) is 0 Å². The van der Waals surface area contributed by atoms with Gasteiger partial charge in [0.15, 0.2) is 5.69 Å². The Kier molecular flexibility index (Phi) is 5.75. The van der Waals surface area contributed by atoms with Gasteiger partial charge in [-0.1, -0.05) is 24.3 Å². The van der Waals surface area contributed by atoms with Crippen molar-refractivity contribution in [1.29, 1.82) is 0 Å². The van der Waals surface area contributed by atoms with Crippen molar-refractivity contribution in [1.82, 2.24) is 25.2 Å². The largest absolute Gasteiger partial charge is 0.350 e. The van der Waals surface area contributed by atoms with E-state index in [1.54, 1.807) is 11.3 Å². The number of nitrogens with zero attached hydrogens (tertiary/aromatic N) is 4. The predicted octanol–water partition coefficient (Wildman–Crippen LogP) is 2.11. The smallest absolute Gasteiger partial charge is 0.276 e. The van der Waals surface area contributed by atoms with Crippen LogP contribution in [0.15, 0.2) is 54.0 Å². The van der Waals surface area contributed by atoms with Crippen molar-refractivity contribution in [3.8, 4) is 5.69 Å². The second-order valence-corrected chi connectivity index (χ2v) is 6.56. The third-order valence-electron chi connectivity index (χ3n) is 3.74. The summed E-state index contributed by atoms with van der Waals surface area (Å²) in [6, 6.07) is 13.2. The van der Waals surface area contributed by atoms with Crippen LogP contribution in [0.25, 0.3) is 5.69 Å². The Bertz CT molecular complexity index is 861. The molecule has 2 heterocycles. The van der Waals surface area contributed by atoms with E-state index < -0.39 is 0 Å².